The quantitative estimate of drug-likeness (QED) is 0.796. The fourth-order valence-electron chi connectivity index (χ4n) is 1.91. The molecule has 0 saturated carbocycles. The van der Waals surface area contributed by atoms with Gasteiger partial charge < -0.3 is 15.8 Å². The topological polar surface area (TPSA) is 73.1 Å². The lowest BCUT2D eigenvalue weighted by atomic mass is 9.90. The van der Waals surface area contributed by atoms with Crippen LogP contribution in [0.15, 0.2) is 6.33 Å². The molecule has 0 saturated heterocycles. The van der Waals surface area contributed by atoms with Crippen LogP contribution in [-0.4, -0.2) is 22.6 Å². The number of anilines is 2. The largest absolute Gasteiger partial charge is 0.479 e. The molecule has 1 rings (SSSR count). The first kappa shape index (κ1) is 13.5. The van der Waals surface area contributed by atoms with Crippen molar-refractivity contribution in [3.63, 3.8) is 0 Å². The van der Waals surface area contributed by atoms with Gasteiger partial charge in [0.2, 0.25) is 5.88 Å². The number of nitrogens with one attached hydrogen (secondary N) is 1. The van der Waals surface area contributed by atoms with Crippen molar-refractivity contribution in [2.24, 2.45) is 0 Å². The first-order valence-electron chi connectivity index (χ1n) is 6.05. The zero-order valence-electron chi connectivity index (χ0n) is 11.1. The number of methoxy groups -OCH3 is 1. The monoisotopic (exact) mass is 238 g/mol. The number of aromatic nitrogens is 2. The highest BCUT2D eigenvalue weighted by Gasteiger charge is 2.25. The van der Waals surface area contributed by atoms with Gasteiger partial charge in [-0.05, 0) is 19.3 Å². The van der Waals surface area contributed by atoms with E-state index in [1.807, 2.05) is 0 Å². The van der Waals surface area contributed by atoms with Gasteiger partial charge >= 0.3 is 0 Å². The molecule has 1 aromatic rings. The molecule has 1 aromatic heterocycles. The van der Waals surface area contributed by atoms with Crippen molar-refractivity contribution < 1.29 is 4.74 Å². The molecular formula is C12H22N4O. The van der Waals surface area contributed by atoms with Gasteiger partial charge in [-0.3, -0.25) is 0 Å². The highest BCUT2D eigenvalue weighted by Crippen LogP contribution is 2.30. The maximum absolute atomic E-state index is 5.95. The van der Waals surface area contributed by atoms with Crippen LogP contribution in [0, 0.1) is 0 Å². The van der Waals surface area contributed by atoms with Crippen molar-refractivity contribution in [1.29, 1.82) is 0 Å². The van der Waals surface area contributed by atoms with E-state index in [-0.39, 0.29) is 5.54 Å². The Hall–Kier alpha value is -1.52. The van der Waals surface area contributed by atoms with Crippen LogP contribution < -0.4 is 15.8 Å². The third-order valence-corrected chi connectivity index (χ3v) is 3.45. The maximum Gasteiger partial charge on any atom is 0.242 e. The fourth-order valence-corrected chi connectivity index (χ4v) is 1.91. The van der Waals surface area contributed by atoms with Crippen molar-refractivity contribution in [1.82, 2.24) is 9.97 Å². The van der Waals surface area contributed by atoms with Gasteiger partial charge in [0.15, 0.2) is 5.82 Å². The smallest absolute Gasteiger partial charge is 0.242 e. The molecule has 3 N–H and O–H groups in total. The number of hydrogen-bond donors (Lipinski definition) is 2. The van der Waals surface area contributed by atoms with Gasteiger partial charge in [0, 0.05) is 5.54 Å². The molecule has 0 radical (unpaired) electrons. The van der Waals surface area contributed by atoms with E-state index >= 15 is 0 Å². The molecule has 0 atom stereocenters. The summed E-state index contributed by atoms with van der Waals surface area (Å²) < 4.78 is 5.08. The van der Waals surface area contributed by atoms with Gasteiger partial charge in [0.1, 0.15) is 12.0 Å². The maximum atomic E-state index is 5.95. The summed E-state index contributed by atoms with van der Waals surface area (Å²) in [5, 5.41) is 3.43. The molecule has 0 fully saturated rings. The van der Waals surface area contributed by atoms with Crippen LogP contribution >= 0.6 is 0 Å². The molecular weight excluding hydrogens is 216 g/mol. The zero-order chi connectivity index (χ0) is 12.9. The van der Waals surface area contributed by atoms with Gasteiger partial charge in [-0.15, -0.1) is 0 Å². The highest BCUT2D eigenvalue weighted by molar-refractivity contribution is 5.67. The molecule has 5 nitrogen and oxygen atoms in total. The molecule has 17 heavy (non-hydrogen) atoms. The van der Waals surface area contributed by atoms with Crippen LogP contribution in [0.1, 0.15) is 40.0 Å². The first-order valence-corrected chi connectivity index (χ1v) is 6.05. The van der Waals surface area contributed by atoms with E-state index in [0.717, 1.165) is 19.3 Å². The Bertz CT molecular complexity index is 355. The number of nitrogen functional groups attached to an aromatic ring is 1. The van der Waals surface area contributed by atoms with Crippen molar-refractivity contribution in [3.8, 4) is 5.88 Å². The minimum absolute atomic E-state index is 0.0352. The summed E-state index contributed by atoms with van der Waals surface area (Å²) in [6.45, 7) is 6.48. The Kier molecular flexibility index (Phi) is 4.54. The van der Waals surface area contributed by atoms with Gasteiger partial charge in [0.05, 0.1) is 7.11 Å². The van der Waals surface area contributed by atoms with Crippen LogP contribution in [-0.2, 0) is 0 Å². The number of hydrogen-bond acceptors (Lipinski definition) is 5. The second-order valence-corrected chi connectivity index (χ2v) is 4.11. The van der Waals surface area contributed by atoms with Crippen molar-refractivity contribution >= 4 is 11.5 Å². The van der Waals surface area contributed by atoms with E-state index in [0.29, 0.717) is 17.4 Å². The Morgan fingerprint density at radius 1 is 1.24 bits per heavy atom. The fraction of sp³-hybridized carbons (Fsp3) is 0.667. The predicted octanol–water partition coefficient (Wildman–Crippen LogP) is 2.45. The molecule has 0 unspecified atom stereocenters. The number of rotatable bonds is 6. The van der Waals surface area contributed by atoms with E-state index in [1.165, 1.54) is 6.33 Å². The zero-order valence-corrected chi connectivity index (χ0v) is 11.1. The Morgan fingerprint density at radius 3 is 2.29 bits per heavy atom. The molecule has 0 aliphatic heterocycles. The van der Waals surface area contributed by atoms with E-state index in [9.17, 15) is 0 Å². The van der Waals surface area contributed by atoms with E-state index in [2.05, 4.69) is 36.1 Å². The van der Waals surface area contributed by atoms with Gasteiger partial charge in [-0.1, -0.05) is 20.8 Å². The van der Waals surface area contributed by atoms with E-state index in [4.69, 9.17) is 10.5 Å². The highest BCUT2D eigenvalue weighted by atomic mass is 16.5. The summed E-state index contributed by atoms with van der Waals surface area (Å²) in [5.74, 6) is 1.07. The summed E-state index contributed by atoms with van der Waals surface area (Å²) in [5.41, 5.74) is 6.46. The van der Waals surface area contributed by atoms with Crippen LogP contribution in [0.25, 0.3) is 0 Å². The number of nitrogens with zero attached hydrogens (tertiary/aromatic N) is 2. The molecule has 0 amide bonds. The third kappa shape index (κ3) is 2.78. The number of nitrogens with two attached hydrogens (primary N) is 1. The molecule has 5 heteroatoms. The second kappa shape index (κ2) is 5.70. The van der Waals surface area contributed by atoms with E-state index < -0.39 is 0 Å². The summed E-state index contributed by atoms with van der Waals surface area (Å²) in [4.78, 5) is 8.15. The molecule has 0 bridgehead atoms. The first-order chi connectivity index (χ1) is 8.12. The van der Waals surface area contributed by atoms with Crippen molar-refractivity contribution in [3.05, 3.63) is 6.33 Å². The lowest BCUT2D eigenvalue weighted by molar-refractivity contribution is 0.397. The third-order valence-electron chi connectivity index (χ3n) is 3.45. The Balaban J connectivity index is 3.01. The van der Waals surface area contributed by atoms with Gasteiger partial charge in [0.25, 0.3) is 0 Å². The molecule has 0 aliphatic rings. The summed E-state index contributed by atoms with van der Waals surface area (Å²) >= 11 is 0. The second-order valence-electron chi connectivity index (χ2n) is 4.11. The van der Waals surface area contributed by atoms with Crippen molar-refractivity contribution in [2.45, 2.75) is 45.6 Å². The summed E-state index contributed by atoms with van der Waals surface area (Å²) in [6.07, 6.45) is 4.52. The van der Waals surface area contributed by atoms with Crippen LogP contribution in [0.2, 0.25) is 0 Å². The van der Waals surface area contributed by atoms with Gasteiger partial charge in [-0.25, -0.2) is 4.98 Å². The van der Waals surface area contributed by atoms with Crippen molar-refractivity contribution in [2.75, 3.05) is 18.2 Å². The van der Waals surface area contributed by atoms with Gasteiger partial charge in [-0.2, -0.15) is 4.98 Å². The summed E-state index contributed by atoms with van der Waals surface area (Å²) in [6, 6.07) is 0. The Labute approximate surface area is 103 Å². The lowest BCUT2D eigenvalue weighted by Gasteiger charge is -2.32. The molecule has 0 aliphatic carbocycles. The van der Waals surface area contributed by atoms with Crippen LogP contribution in [0.3, 0.4) is 0 Å². The van der Waals surface area contributed by atoms with Crippen LogP contribution in [0.5, 0.6) is 5.88 Å². The average Bonchev–Trinajstić information content (AvgIpc) is 2.38. The lowest BCUT2D eigenvalue weighted by Crippen LogP contribution is -2.36. The average molecular weight is 238 g/mol. The molecule has 0 spiro atoms. The predicted molar refractivity (Wildman–Crippen MR) is 70.2 cm³/mol. The Morgan fingerprint density at radius 2 is 1.82 bits per heavy atom. The molecule has 0 aromatic carbocycles. The number of ether oxygens (including phenoxy) is 1. The van der Waals surface area contributed by atoms with Crippen LogP contribution in [0.4, 0.5) is 11.5 Å². The summed E-state index contributed by atoms with van der Waals surface area (Å²) in [7, 11) is 1.55. The normalized spacial score (nSPS) is 11.3. The molecule has 1 heterocycles. The SMILES string of the molecule is CCC(CC)(CC)Nc1ncnc(OC)c1N. The standard InChI is InChI=1S/C12H22N4O/c1-5-12(6-2,7-3)16-10-9(13)11(17-4)15-8-14-10/h8H,5-7,13H2,1-4H3,(H,14,15,16). The van der Waals surface area contributed by atoms with E-state index in [1.54, 1.807) is 7.11 Å². The minimum atomic E-state index is 0.0352. The minimum Gasteiger partial charge on any atom is -0.479 e. The molecule has 96 valence electrons.